The third kappa shape index (κ3) is 7.39. The highest BCUT2D eigenvalue weighted by atomic mass is 19.1. The standard InChI is InChI=1S/C30H33FN6O2/c31-24-8-3-5-21(17-24)13-15-34-29-26(10-11-27(36-29)25-9-2-1-7-23(25)18-33)30(39)35-19-22-6-4-16-37(20-22)28(38)12-14-32/h1-3,5,7-11,17,22H,4,6,12-16,19-20,32H2,(H,34,36)(H,35,39)/t22-/m1/s1. The maximum atomic E-state index is 13.6. The number of nitrogens with one attached hydrogen (secondary N) is 2. The van der Waals surface area contributed by atoms with E-state index in [4.69, 9.17) is 10.7 Å². The minimum atomic E-state index is -0.299. The lowest BCUT2D eigenvalue weighted by Gasteiger charge is -2.33. The minimum absolute atomic E-state index is 0.0516. The predicted octanol–water partition coefficient (Wildman–Crippen LogP) is 3.73. The van der Waals surface area contributed by atoms with Crippen molar-refractivity contribution >= 4 is 17.6 Å². The molecule has 1 fully saturated rings. The first kappa shape index (κ1) is 27.7. The van der Waals surface area contributed by atoms with Gasteiger partial charge in [-0.15, -0.1) is 0 Å². The van der Waals surface area contributed by atoms with Crippen LogP contribution in [0.15, 0.2) is 60.7 Å². The molecule has 0 aliphatic carbocycles. The monoisotopic (exact) mass is 528 g/mol. The van der Waals surface area contributed by atoms with Crippen LogP contribution in [0.4, 0.5) is 10.2 Å². The maximum Gasteiger partial charge on any atom is 0.255 e. The van der Waals surface area contributed by atoms with Crippen LogP contribution in [-0.4, -0.2) is 54.4 Å². The Morgan fingerprint density at radius 2 is 2.00 bits per heavy atom. The Kier molecular flexibility index (Phi) is 9.59. The third-order valence-electron chi connectivity index (χ3n) is 6.84. The molecule has 1 atom stereocenters. The van der Waals surface area contributed by atoms with Crippen molar-refractivity contribution in [1.82, 2.24) is 15.2 Å². The number of rotatable bonds is 10. The number of benzene rings is 2. The van der Waals surface area contributed by atoms with Crippen LogP contribution in [0, 0.1) is 23.1 Å². The fourth-order valence-corrected chi connectivity index (χ4v) is 4.82. The van der Waals surface area contributed by atoms with Crippen molar-refractivity contribution in [2.75, 3.05) is 38.0 Å². The van der Waals surface area contributed by atoms with Crippen molar-refractivity contribution in [2.45, 2.75) is 25.7 Å². The predicted molar refractivity (Wildman–Crippen MR) is 148 cm³/mol. The van der Waals surface area contributed by atoms with Gasteiger partial charge in [0.25, 0.3) is 5.91 Å². The SMILES string of the molecule is N#Cc1ccccc1-c1ccc(C(=O)NC[C@H]2CCCN(C(=O)CCN)C2)c(NCCc2cccc(F)c2)n1. The van der Waals surface area contributed by atoms with Crippen LogP contribution in [0.3, 0.4) is 0 Å². The summed E-state index contributed by atoms with van der Waals surface area (Å²) in [5.74, 6) is 0.0184. The van der Waals surface area contributed by atoms with Gasteiger partial charge < -0.3 is 21.3 Å². The van der Waals surface area contributed by atoms with Gasteiger partial charge in [-0.05, 0) is 61.1 Å². The number of piperidine rings is 1. The molecule has 9 heteroatoms. The van der Waals surface area contributed by atoms with E-state index < -0.39 is 0 Å². The fraction of sp³-hybridized carbons (Fsp3) is 0.333. The second kappa shape index (κ2) is 13.5. The first-order valence-electron chi connectivity index (χ1n) is 13.2. The second-order valence-corrected chi connectivity index (χ2v) is 9.65. The molecule has 0 radical (unpaired) electrons. The summed E-state index contributed by atoms with van der Waals surface area (Å²) in [6, 6.07) is 19.2. The van der Waals surface area contributed by atoms with Crippen LogP contribution in [-0.2, 0) is 11.2 Å². The quantitative estimate of drug-likeness (QED) is 0.368. The number of anilines is 1. The van der Waals surface area contributed by atoms with Crippen molar-refractivity contribution in [3.8, 4) is 17.3 Å². The normalized spacial score (nSPS) is 14.9. The molecule has 1 aliphatic heterocycles. The number of likely N-dealkylation sites (tertiary alicyclic amines) is 1. The summed E-state index contributed by atoms with van der Waals surface area (Å²) in [6.07, 6.45) is 2.68. The number of nitrogens with two attached hydrogens (primary N) is 1. The molecule has 8 nitrogen and oxygen atoms in total. The number of nitriles is 1. The number of aromatic nitrogens is 1. The van der Waals surface area contributed by atoms with Crippen LogP contribution in [0.1, 0.15) is 40.7 Å². The van der Waals surface area contributed by atoms with E-state index in [-0.39, 0.29) is 23.5 Å². The zero-order valence-corrected chi connectivity index (χ0v) is 21.8. The van der Waals surface area contributed by atoms with Gasteiger partial charge in [0.2, 0.25) is 5.91 Å². The molecule has 0 saturated carbocycles. The Balaban J connectivity index is 1.50. The lowest BCUT2D eigenvalue weighted by molar-refractivity contribution is -0.132. The van der Waals surface area contributed by atoms with Gasteiger partial charge in [0.1, 0.15) is 11.6 Å². The highest BCUT2D eigenvalue weighted by molar-refractivity contribution is 5.99. The Hall–Kier alpha value is -4.29. The van der Waals surface area contributed by atoms with Gasteiger partial charge in [-0.3, -0.25) is 9.59 Å². The summed E-state index contributed by atoms with van der Waals surface area (Å²) in [7, 11) is 0. The van der Waals surface area contributed by atoms with Crippen molar-refractivity contribution < 1.29 is 14.0 Å². The highest BCUT2D eigenvalue weighted by Gasteiger charge is 2.24. The number of hydrogen-bond donors (Lipinski definition) is 3. The zero-order valence-electron chi connectivity index (χ0n) is 21.8. The molecular formula is C30H33FN6O2. The highest BCUT2D eigenvalue weighted by Crippen LogP contribution is 2.25. The molecule has 4 N–H and O–H groups in total. The van der Waals surface area contributed by atoms with Crippen LogP contribution in [0.2, 0.25) is 0 Å². The van der Waals surface area contributed by atoms with Gasteiger partial charge in [-0.2, -0.15) is 5.26 Å². The van der Waals surface area contributed by atoms with E-state index in [1.54, 1.807) is 30.3 Å². The number of carbonyl (C=O) groups is 2. The molecule has 2 heterocycles. The number of pyridine rings is 1. The molecule has 3 aromatic rings. The molecule has 0 bridgehead atoms. The van der Waals surface area contributed by atoms with E-state index >= 15 is 0 Å². The van der Waals surface area contributed by atoms with Crippen molar-refractivity contribution in [3.05, 3.63) is 83.2 Å². The molecule has 0 unspecified atom stereocenters. The first-order valence-corrected chi connectivity index (χ1v) is 13.2. The number of hydrogen-bond acceptors (Lipinski definition) is 6. The van der Waals surface area contributed by atoms with Crippen LogP contribution in [0.5, 0.6) is 0 Å². The average Bonchev–Trinajstić information content (AvgIpc) is 2.96. The minimum Gasteiger partial charge on any atom is -0.369 e. The Bertz CT molecular complexity index is 1360. The molecular weight excluding hydrogens is 495 g/mol. The molecule has 1 saturated heterocycles. The number of amides is 2. The van der Waals surface area contributed by atoms with E-state index in [9.17, 15) is 19.2 Å². The third-order valence-corrected chi connectivity index (χ3v) is 6.84. The fourth-order valence-electron chi connectivity index (χ4n) is 4.82. The molecule has 2 aromatic carbocycles. The van der Waals surface area contributed by atoms with Gasteiger partial charge in [-0.25, -0.2) is 9.37 Å². The molecule has 0 spiro atoms. The van der Waals surface area contributed by atoms with Gasteiger partial charge in [0, 0.05) is 44.7 Å². The molecule has 202 valence electrons. The lowest BCUT2D eigenvalue weighted by atomic mass is 9.97. The maximum absolute atomic E-state index is 13.6. The van der Waals surface area contributed by atoms with E-state index in [1.807, 2.05) is 23.1 Å². The molecule has 4 rings (SSSR count). The largest absolute Gasteiger partial charge is 0.369 e. The first-order chi connectivity index (χ1) is 19.0. The topological polar surface area (TPSA) is 124 Å². The summed E-state index contributed by atoms with van der Waals surface area (Å²) in [4.78, 5) is 32.1. The summed E-state index contributed by atoms with van der Waals surface area (Å²) < 4.78 is 13.6. The van der Waals surface area contributed by atoms with Crippen molar-refractivity contribution in [2.24, 2.45) is 11.7 Å². The average molecular weight is 529 g/mol. The van der Waals surface area contributed by atoms with E-state index in [2.05, 4.69) is 16.7 Å². The van der Waals surface area contributed by atoms with Gasteiger partial charge >= 0.3 is 0 Å². The molecule has 1 aromatic heterocycles. The smallest absolute Gasteiger partial charge is 0.255 e. The summed E-state index contributed by atoms with van der Waals surface area (Å²) >= 11 is 0. The number of carbonyl (C=O) groups excluding carboxylic acids is 2. The summed E-state index contributed by atoms with van der Waals surface area (Å²) in [6.45, 7) is 2.51. The van der Waals surface area contributed by atoms with E-state index in [1.165, 1.54) is 12.1 Å². The van der Waals surface area contributed by atoms with Crippen LogP contribution >= 0.6 is 0 Å². The van der Waals surface area contributed by atoms with Crippen molar-refractivity contribution in [3.63, 3.8) is 0 Å². The van der Waals surface area contributed by atoms with Crippen LogP contribution < -0.4 is 16.4 Å². The Morgan fingerprint density at radius 1 is 1.15 bits per heavy atom. The molecule has 2 amide bonds. The van der Waals surface area contributed by atoms with Gasteiger partial charge in [0.15, 0.2) is 0 Å². The number of halogens is 1. The number of nitrogens with zero attached hydrogens (tertiary/aromatic N) is 3. The van der Waals surface area contributed by atoms with E-state index in [0.29, 0.717) is 67.2 Å². The summed E-state index contributed by atoms with van der Waals surface area (Å²) in [5.41, 5.74) is 8.46. The van der Waals surface area contributed by atoms with Crippen LogP contribution in [0.25, 0.3) is 11.3 Å². The Labute approximate surface area is 228 Å². The second-order valence-electron chi connectivity index (χ2n) is 9.65. The summed E-state index contributed by atoms with van der Waals surface area (Å²) in [5, 5.41) is 15.8. The molecule has 1 aliphatic rings. The Morgan fingerprint density at radius 3 is 2.79 bits per heavy atom. The van der Waals surface area contributed by atoms with Crippen molar-refractivity contribution in [1.29, 1.82) is 5.26 Å². The van der Waals surface area contributed by atoms with Gasteiger partial charge in [0.05, 0.1) is 22.9 Å². The van der Waals surface area contributed by atoms with E-state index in [0.717, 1.165) is 24.9 Å². The van der Waals surface area contributed by atoms with Gasteiger partial charge in [-0.1, -0.05) is 30.3 Å². The molecule has 39 heavy (non-hydrogen) atoms. The zero-order chi connectivity index (χ0) is 27.6. The lowest BCUT2D eigenvalue weighted by Crippen LogP contribution is -2.44.